The quantitative estimate of drug-likeness (QED) is 0.700. The van der Waals surface area contributed by atoms with Gasteiger partial charge in [-0.3, -0.25) is 4.79 Å². The van der Waals surface area contributed by atoms with Gasteiger partial charge in [0.05, 0.1) is 10.0 Å². The molecule has 1 aliphatic rings. The molecule has 0 aromatic heterocycles. The van der Waals surface area contributed by atoms with Crippen LogP contribution in [0.5, 0.6) is 0 Å². The van der Waals surface area contributed by atoms with Crippen LogP contribution in [-0.4, -0.2) is 18.5 Å². The third-order valence-electron chi connectivity index (χ3n) is 4.39. The summed E-state index contributed by atoms with van der Waals surface area (Å²) in [6.45, 7) is 4.54. The Kier molecular flexibility index (Phi) is 5.92. The summed E-state index contributed by atoms with van der Waals surface area (Å²) in [7, 11) is 0. The average Bonchev–Trinajstić information content (AvgIpc) is 2.63. The van der Waals surface area contributed by atoms with Crippen molar-refractivity contribution < 1.29 is 9.59 Å². The Morgan fingerprint density at radius 3 is 2.33 bits per heavy atom. The van der Waals surface area contributed by atoms with Gasteiger partial charge >= 0.3 is 6.03 Å². The largest absolute Gasteiger partial charge is 0.323 e. The van der Waals surface area contributed by atoms with Gasteiger partial charge in [-0.25, -0.2) is 4.79 Å². The van der Waals surface area contributed by atoms with E-state index in [4.69, 9.17) is 23.2 Å². The van der Waals surface area contributed by atoms with Crippen molar-refractivity contribution in [1.82, 2.24) is 0 Å². The van der Waals surface area contributed by atoms with Crippen molar-refractivity contribution >= 4 is 52.2 Å². The molecular weight excluding hydrogens is 385 g/mol. The minimum atomic E-state index is -0.376. The molecule has 0 unspecified atom stereocenters. The van der Waals surface area contributed by atoms with Crippen molar-refractivity contribution in [2.24, 2.45) is 5.92 Å². The lowest BCUT2D eigenvalue weighted by atomic mass is 9.99. The molecule has 3 rings (SSSR count). The number of nitrogens with one attached hydrogen (secondary N) is 2. The predicted octanol–water partition coefficient (Wildman–Crippen LogP) is 5.57. The first-order chi connectivity index (χ1) is 12.8. The fraction of sp³-hybridized carbons (Fsp3) is 0.300. The minimum absolute atomic E-state index is 0.0503. The monoisotopic (exact) mass is 405 g/mol. The maximum Gasteiger partial charge on any atom is 0.323 e. The van der Waals surface area contributed by atoms with Gasteiger partial charge in [-0.1, -0.05) is 37.0 Å². The molecule has 1 heterocycles. The number of carbonyl (C=O) groups excluding carboxylic acids is 2. The first-order valence-electron chi connectivity index (χ1n) is 8.82. The Morgan fingerprint density at radius 1 is 1.00 bits per heavy atom. The van der Waals surface area contributed by atoms with Gasteiger partial charge < -0.3 is 15.5 Å². The van der Waals surface area contributed by atoms with E-state index in [1.165, 1.54) is 0 Å². The van der Waals surface area contributed by atoms with E-state index < -0.39 is 0 Å². The molecule has 0 fully saturated rings. The van der Waals surface area contributed by atoms with Crippen LogP contribution in [0.25, 0.3) is 0 Å². The van der Waals surface area contributed by atoms with Crippen LogP contribution >= 0.6 is 23.2 Å². The lowest BCUT2D eigenvalue weighted by Gasteiger charge is -2.31. The molecule has 0 radical (unpaired) electrons. The van der Waals surface area contributed by atoms with Gasteiger partial charge in [-0.15, -0.1) is 0 Å². The average molecular weight is 406 g/mol. The van der Waals surface area contributed by atoms with Gasteiger partial charge in [0.1, 0.15) is 0 Å². The van der Waals surface area contributed by atoms with E-state index in [0.717, 1.165) is 30.6 Å². The van der Waals surface area contributed by atoms with E-state index in [2.05, 4.69) is 10.6 Å². The number of benzene rings is 2. The fourth-order valence-electron chi connectivity index (χ4n) is 3.08. The number of aryl methyl sites for hydroxylation is 1. The number of urea groups is 1. The number of halogens is 2. The molecule has 0 saturated carbocycles. The van der Waals surface area contributed by atoms with Crippen LogP contribution in [-0.2, 0) is 11.2 Å². The number of amides is 3. The Bertz CT molecular complexity index is 884. The fourth-order valence-corrected chi connectivity index (χ4v) is 3.38. The van der Waals surface area contributed by atoms with Crippen molar-refractivity contribution in [1.29, 1.82) is 0 Å². The number of anilines is 3. The van der Waals surface area contributed by atoms with Crippen LogP contribution in [0.2, 0.25) is 10.0 Å². The second-order valence-corrected chi connectivity index (χ2v) is 7.61. The summed E-state index contributed by atoms with van der Waals surface area (Å²) >= 11 is 11.8. The number of carbonyl (C=O) groups is 2. The molecule has 0 atom stereocenters. The maximum absolute atomic E-state index is 12.4. The van der Waals surface area contributed by atoms with Gasteiger partial charge in [-0.05, 0) is 54.8 Å². The van der Waals surface area contributed by atoms with Gasteiger partial charge in [0.15, 0.2) is 0 Å². The first kappa shape index (κ1) is 19.5. The molecule has 3 amide bonds. The molecular formula is C20H21Cl2N3O2. The standard InChI is InChI=1S/C20H21Cl2N3O2/c1-12(2)19(26)25-9-3-4-13-10-14(6-8-18(13)25)23-20(27)24-15-5-7-16(21)17(22)11-15/h5-8,10-12H,3-4,9H2,1-2H3,(H2,23,24,27). The lowest BCUT2D eigenvalue weighted by molar-refractivity contribution is -0.121. The molecule has 5 nitrogen and oxygen atoms in total. The summed E-state index contributed by atoms with van der Waals surface area (Å²) < 4.78 is 0. The van der Waals surface area contributed by atoms with Crippen molar-refractivity contribution in [3.63, 3.8) is 0 Å². The van der Waals surface area contributed by atoms with E-state index in [0.29, 0.717) is 21.4 Å². The van der Waals surface area contributed by atoms with Gasteiger partial charge in [0, 0.05) is 29.5 Å². The molecule has 0 saturated heterocycles. The summed E-state index contributed by atoms with van der Waals surface area (Å²) in [6, 6.07) is 10.1. The maximum atomic E-state index is 12.4. The second kappa shape index (κ2) is 8.19. The molecule has 0 bridgehead atoms. The van der Waals surface area contributed by atoms with Crippen LogP contribution in [0.4, 0.5) is 21.9 Å². The number of hydrogen-bond donors (Lipinski definition) is 2. The smallest absolute Gasteiger partial charge is 0.312 e. The molecule has 2 N–H and O–H groups in total. The van der Waals surface area contributed by atoms with Gasteiger partial charge in [0.2, 0.25) is 5.91 Å². The van der Waals surface area contributed by atoms with Crippen LogP contribution in [0.15, 0.2) is 36.4 Å². The minimum Gasteiger partial charge on any atom is -0.312 e. The third-order valence-corrected chi connectivity index (χ3v) is 5.13. The van der Waals surface area contributed by atoms with E-state index in [1.54, 1.807) is 24.3 Å². The number of rotatable bonds is 3. The lowest BCUT2D eigenvalue weighted by Crippen LogP contribution is -2.38. The van der Waals surface area contributed by atoms with Crippen LogP contribution in [0.1, 0.15) is 25.8 Å². The Balaban J connectivity index is 1.72. The highest BCUT2D eigenvalue weighted by Crippen LogP contribution is 2.31. The van der Waals surface area contributed by atoms with Crippen LogP contribution < -0.4 is 15.5 Å². The molecule has 0 aliphatic carbocycles. The van der Waals surface area contributed by atoms with Gasteiger partial charge in [0.25, 0.3) is 0 Å². The molecule has 142 valence electrons. The summed E-state index contributed by atoms with van der Waals surface area (Å²) in [4.78, 5) is 26.5. The Hall–Kier alpha value is -2.24. The summed E-state index contributed by atoms with van der Waals surface area (Å²) in [5, 5.41) is 6.34. The summed E-state index contributed by atoms with van der Waals surface area (Å²) in [5.41, 5.74) is 3.21. The van der Waals surface area contributed by atoms with Crippen molar-refractivity contribution in [2.75, 3.05) is 22.1 Å². The van der Waals surface area contributed by atoms with E-state index in [9.17, 15) is 9.59 Å². The topological polar surface area (TPSA) is 61.4 Å². The highest BCUT2D eigenvalue weighted by atomic mass is 35.5. The molecule has 2 aromatic carbocycles. The number of fused-ring (bicyclic) bond motifs is 1. The molecule has 1 aliphatic heterocycles. The van der Waals surface area contributed by atoms with Crippen molar-refractivity contribution in [3.05, 3.63) is 52.0 Å². The number of nitrogens with zero attached hydrogens (tertiary/aromatic N) is 1. The second-order valence-electron chi connectivity index (χ2n) is 6.80. The van der Waals surface area contributed by atoms with Gasteiger partial charge in [-0.2, -0.15) is 0 Å². The normalized spacial score (nSPS) is 13.3. The Morgan fingerprint density at radius 2 is 1.67 bits per heavy atom. The summed E-state index contributed by atoms with van der Waals surface area (Å²) in [6.07, 6.45) is 1.78. The van der Waals surface area contributed by atoms with E-state index >= 15 is 0 Å². The predicted molar refractivity (Wildman–Crippen MR) is 111 cm³/mol. The number of hydrogen-bond acceptors (Lipinski definition) is 2. The molecule has 2 aromatic rings. The van der Waals surface area contributed by atoms with Crippen molar-refractivity contribution in [3.8, 4) is 0 Å². The molecule has 27 heavy (non-hydrogen) atoms. The zero-order valence-corrected chi connectivity index (χ0v) is 16.7. The van der Waals surface area contributed by atoms with E-state index in [1.807, 2.05) is 30.9 Å². The first-order valence-corrected chi connectivity index (χ1v) is 9.58. The Labute approximate surface area is 168 Å². The highest BCUT2D eigenvalue weighted by molar-refractivity contribution is 6.42. The third kappa shape index (κ3) is 4.54. The van der Waals surface area contributed by atoms with Crippen molar-refractivity contribution in [2.45, 2.75) is 26.7 Å². The highest BCUT2D eigenvalue weighted by Gasteiger charge is 2.24. The molecule has 0 spiro atoms. The zero-order chi connectivity index (χ0) is 19.6. The SMILES string of the molecule is CC(C)C(=O)N1CCCc2cc(NC(=O)Nc3ccc(Cl)c(Cl)c3)ccc21. The van der Waals surface area contributed by atoms with Crippen LogP contribution in [0.3, 0.4) is 0 Å². The van der Waals surface area contributed by atoms with Crippen LogP contribution in [0, 0.1) is 5.92 Å². The van der Waals surface area contributed by atoms with E-state index in [-0.39, 0.29) is 17.9 Å². The zero-order valence-electron chi connectivity index (χ0n) is 15.2. The molecule has 7 heteroatoms. The summed E-state index contributed by atoms with van der Waals surface area (Å²) in [5.74, 6) is 0.0692.